The summed E-state index contributed by atoms with van der Waals surface area (Å²) >= 11 is 0. The molecule has 0 aliphatic carbocycles. The summed E-state index contributed by atoms with van der Waals surface area (Å²) in [4.78, 5) is 0. The minimum absolute atomic E-state index is 0. The zero-order valence-corrected chi connectivity index (χ0v) is 22.6. The van der Waals surface area contributed by atoms with Crippen LogP contribution in [0.15, 0.2) is 48.5 Å². The fraction of sp³-hybridized carbons (Fsp3) is 0.364. The van der Waals surface area contributed by atoms with E-state index < -0.39 is 0 Å². The monoisotopic (exact) mass is 570 g/mol. The number of imidazole rings is 2. The van der Waals surface area contributed by atoms with Gasteiger partial charge in [-0.25, -0.2) is 18.3 Å². The smallest absolute Gasteiger partial charge is 0.254 e. The van der Waals surface area contributed by atoms with E-state index >= 15 is 0 Å². The highest BCUT2D eigenvalue weighted by atomic mass is 79.9. The van der Waals surface area contributed by atoms with Gasteiger partial charge in [-0.1, -0.05) is 45.9 Å². The Morgan fingerprint density at radius 1 is 0.667 bits per heavy atom. The van der Waals surface area contributed by atoms with Gasteiger partial charge in [0.15, 0.2) is 22.1 Å². The molecular formula is C22H28Br2N4S2. The maximum atomic E-state index is 2.44. The first-order valence-electron chi connectivity index (χ1n) is 9.71. The molecule has 4 aromatic rings. The maximum absolute atomic E-state index is 2.44. The van der Waals surface area contributed by atoms with Crippen LogP contribution in [0, 0.1) is 13.8 Å². The molecule has 0 aliphatic rings. The van der Waals surface area contributed by atoms with Crippen LogP contribution in [0.25, 0.3) is 22.1 Å². The van der Waals surface area contributed by atoms with Crippen molar-refractivity contribution in [2.45, 2.75) is 26.9 Å². The summed E-state index contributed by atoms with van der Waals surface area (Å²) in [5.74, 6) is 4.86. The number of hydrogen-bond acceptors (Lipinski definition) is 2. The first kappa shape index (κ1) is 25.3. The van der Waals surface area contributed by atoms with E-state index in [0.717, 1.165) is 24.6 Å². The molecule has 0 radical (unpaired) electrons. The summed E-state index contributed by atoms with van der Waals surface area (Å²) in [6.07, 6.45) is 0. The molecule has 0 saturated heterocycles. The molecule has 0 bridgehead atoms. The van der Waals surface area contributed by atoms with Crippen molar-refractivity contribution in [2.24, 2.45) is 14.1 Å². The maximum Gasteiger partial charge on any atom is 0.254 e. The van der Waals surface area contributed by atoms with Crippen molar-refractivity contribution in [3.8, 4) is 0 Å². The van der Waals surface area contributed by atoms with Gasteiger partial charge in [-0.2, -0.15) is 0 Å². The summed E-state index contributed by atoms with van der Waals surface area (Å²) < 4.78 is 9.44. The van der Waals surface area contributed by atoms with Crippen LogP contribution in [-0.2, 0) is 27.2 Å². The SMILES string of the molecule is Cc1n(C)c2ccccc2[n+]1CCSSCC[n+]1c(C)n(C)c2ccccc21.[Br-].[Br-]. The lowest BCUT2D eigenvalue weighted by Crippen LogP contribution is -3.00. The molecular weight excluding hydrogens is 544 g/mol. The Hall–Kier alpha value is -0.960. The van der Waals surface area contributed by atoms with E-state index in [4.69, 9.17) is 0 Å². The molecule has 2 aromatic carbocycles. The van der Waals surface area contributed by atoms with E-state index in [9.17, 15) is 0 Å². The van der Waals surface area contributed by atoms with Crippen molar-refractivity contribution in [2.75, 3.05) is 11.5 Å². The number of benzene rings is 2. The predicted molar refractivity (Wildman–Crippen MR) is 121 cm³/mol. The Kier molecular flexibility index (Phi) is 9.33. The molecule has 2 heterocycles. The van der Waals surface area contributed by atoms with E-state index in [1.54, 1.807) is 0 Å². The normalized spacial score (nSPS) is 10.9. The molecule has 30 heavy (non-hydrogen) atoms. The Morgan fingerprint density at radius 3 is 1.43 bits per heavy atom. The first-order chi connectivity index (χ1) is 13.6. The second-order valence-corrected chi connectivity index (χ2v) is 9.84. The van der Waals surface area contributed by atoms with E-state index in [0.29, 0.717) is 0 Å². The van der Waals surface area contributed by atoms with Crippen LogP contribution in [0.5, 0.6) is 0 Å². The van der Waals surface area contributed by atoms with Crippen LogP contribution in [0.1, 0.15) is 11.6 Å². The Labute approximate surface area is 207 Å². The van der Waals surface area contributed by atoms with E-state index in [1.807, 2.05) is 21.6 Å². The number of para-hydroxylation sites is 4. The average Bonchev–Trinajstić information content (AvgIpc) is 3.11. The highest BCUT2D eigenvalue weighted by molar-refractivity contribution is 8.76. The fourth-order valence-electron chi connectivity index (χ4n) is 3.95. The number of hydrogen-bond donors (Lipinski definition) is 0. The third kappa shape index (κ3) is 4.76. The number of halogens is 2. The van der Waals surface area contributed by atoms with E-state index in [-0.39, 0.29) is 34.0 Å². The highest BCUT2D eigenvalue weighted by Crippen LogP contribution is 2.22. The molecule has 0 spiro atoms. The van der Waals surface area contributed by atoms with Gasteiger partial charge in [0.1, 0.15) is 13.1 Å². The molecule has 4 rings (SSSR count). The van der Waals surface area contributed by atoms with Gasteiger partial charge >= 0.3 is 0 Å². The molecule has 0 N–H and O–H groups in total. The minimum atomic E-state index is 0. The minimum Gasteiger partial charge on any atom is -1.00 e. The van der Waals surface area contributed by atoms with E-state index in [2.05, 4.69) is 94.7 Å². The lowest BCUT2D eigenvalue weighted by atomic mass is 10.3. The van der Waals surface area contributed by atoms with Crippen molar-refractivity contribution < 1.29 is 43.1 Å². The summed E-state index contributed by atoms with van der Waals surface area (Å²) in [6, 6.07) is 17.3. The molecule has 2 aromatic heterocycles. The molecule has 162 valence electrons. The van der Waals surface area contributed by atoms with E-state index in [1.165, 1.54) is 33.7 Å². The molecule has 0 aliphatic heterocycles. The van der Waals surface area contributed by atoms with Crippen molar-refractivity contribution >= 4 is 43.7 Å². The molecule has 0 fully saturated rings. The van der Waals surface area contributed by atoms with Gasteiger partial charge in [0, 0.05) is 25.4 Å². The average molecular weight is 572 g/mol. The summed E-state index contributed by atoms with van der Waals surface area (Å²) in [5, 5.41) is 0. The molecule has 0 unspecified atom stereocenters. The van der Waals surface area contributed by atoms with Crippen LogP contribution in [-0.4, -0.2) is 20.6 Å². The fourth-order valence-corrected chi connectivity index (χ4v) is 5.86. The van der Waals surface area contributed by atoms with Crippen LogP contribution in [0.2, 0.25) is 0 Å². The van der Waals surface area contributed by atoms with Crippen LogP contribution in [0.3, 0.4) is 0 Å². The van der Waals surface area contributed by atoms with Crippen LogP contribution >= 0.6 is 21.6 Å². The molecule has 8 heteroatoms. The Balaban J connectivity index is 0.00000160. The molecule has 0 atom stereocenters. The topological polar surface area (TPSA) is 17.6 Å². The predicted octanol–water partition coefficient (Wildman–Crippen LogP) is -2.05. The second-order valence-electron chi connectivity index (χ2n) is 7.14. The third-order valence-corrected chi connectivity index (χ3v) is 8.06. The van der Waals surface area contributed by atoms with Crippen molar-refractivity contribution in [1.29, 1.82) is 0 Å². The molecule has 0 amide bonds. The van der Waals surface area contributed by atoms with Crippen molar-refractivity contribution in [3.63, 3.8) is 0 Å². The van der Waals surface area contributed by atoms with Gasteiger partial charge in [-0.15, -0.1) is 0 Å². The molecule has 4 nitrogen and oxygen atoms in total. The number of aryl methyl sites for hydroxylation is 4. The number of nitrogens with zero attached hydrogens (tertiary/aromatic N) is 4. The number of aromatic nitrogens is 4. The van der Waals surface area contributed by atoms with Gasteiger partial charge in [-0.3, -0.25) is 0 Å². The van der Waals surface area contributed by atoms with Crippen LogP contribution < -0.4 is 43.1 Å². The van der Waals surface area contributed by atoms with Gasteiger partial charge in [0.25, 0.3) is 11.6 Å². The standard InChI is InChI=1S/C22H28N4S2.2BrH/c1-17-23(3)19-9-5-7-11-21(19)25(17)13-15-27-28-16-14-26-18(2)24(4)20-10-6-8-12-22(20)26;;/h5-12H,13-16H2,1-4H3;2*1H/q+2;;/p-2. The number of fused-ring (bicyclic) bond motifs is 2. The van der Waals surface area contributed by atoms with Gasteiger partial charge < -0.3 is 34.0 Å². The van der Waals surface area contributed by atoms with Gasteiger partial charge in [-0.05, 0) is 24.3 Å². The largest absolute Gasteiger partial charge is 1.00 e. The van der Waals surface area contributed by atoms with Crippen molar-refractivity contribution in [3.05, 3.63) is 60.2 Å². The summed E-state index contributed by atoms with van der Waals surface area (Å²) in [6.45, 7) is 6.51. The number of rotatable bonds is 7. The second kappa shape index (κ2) is 11.1. The summed E-state index contributed by atoms with van der Waals surface area (Å²) in [7, 11) is 8.26. The van der Waals surface area contributed by atoms with Crippen LogP contribution in [0.4, 0.5) is 0 Å². The lowest BCUT2D eigenvalue weighted by molar-refractivity contribution is -0.674. The third-order valence-electron chi connectivity index (χ3n) is 5.70. The van der Waals surface area contributed by atoms with Gasteiger partial charge in [0.05, 0.1) is 14.1 Å². The zero-order chi connectivity index (χ0) is 19.7. The van der Waals surface area contributed by atoms with Gasteiger partial charge in [0.2, 0.25) is 0 Å². The first-order valence-corrected chi connectivity index (χ1v) is 12.2. The quantitative estimate of drug-likeness (QED) is 0.144. The Bertz CT molecular complexity index is 1050. The zero-order valence-electron chi connectivity index (χ0n) is 17.8. The highest BCUT2D eigenvalue weighted by Gasteiger charge is 2.19. The molecule has 0 saturated carbocycles. The Morgan fingerprint density at radius 2 is 1.03 bits per heavy atom. The lowest BCUT2D eigenvalue weighted by Gasteiger charge is -2.02. The van der Waals surface area contributed by atoms with Crippen molar-refractivity contribution in [1.82, 2.24) is 9.13 Å². The summed E-state index contributed by atoms with van der Waals surface area (Å²) in [5.41, 5.74) is 5.27.